The molecule has 0 aliphatic heterocycles. The Labute approximate surface area is 151 Å². The highest BCUT2D eigenvalue weighted by molar-refractivity contribution is 7.14. The topological polar surface area (TPSA) is 85.8 Å². The molecule has 1 aromatic carbocycles. The molecule has 130 valence electrons. The van der Waals surface area contributed by atoms with E-state index in [1.807, 2.05) is 0 Å². The zero-order chi connectivity index (χ0) is 18.1. The van der Waals surface area contributed by atoms with Crippen molar-refractivity contribution < 1.29 is 13.7 Å². The molecule has 0 bridgehead atoms. The van der Waals surface area contributed by atoms with Crippen LogP contribution in [0.15, 0.2) is 52.6 Å². The van der Waals surface area contributed by atoms with Gasteiger partial charge in [-0.3, -0.25) is 14.8 Å². The molecule has 0 aliphatic rings. The number of carbonyl (C=O) groups is 1. The van der Waals surface area contributed by atoms with Crippen molar-refractivity contribution in [3.8, 4) is 22.6 Å². The Morgan fingerprint density at radius 3 is 2.96 bits per heavy atom. The second kappa shape index (κ2) is 6.52. The van der Waals surface area contributed by atoms with E-state index in [1.165, 1.54) is 23.5 Å². The molecule has 0 atom stereocenters. The molecule has 0 fully saturated rings. The van der Waals surface area contributed by atoms with E-state index >= 15 is 0 Å². The van der Waals surface area contributed by atoms with Crippen LogP contribution >= 0.6 is 11.3 Å². The predicted octanol–water partition coefficient (Wildman–Crippen LogP) is 3.59. The summed E-state index contributed by atoms with van der Waals surface area (Å²) in [5.41, 5.74) is 1.67. The molecule has 0 spiro atoms. The maximum Gasteiger partial charge on any atom is 0.279 e. The molecule has 0 aliphatic carbocycles. The van der Waals surface area contributed by atoms with Crippen LogP contribution in [0.25, 0.3) is 22.6 Å². The lowest BCUT2D eigenvalue weighted by atomic mass is 10.2. The molecule has 9 heteroatoms. The zero-order valence-electron chi connectivity index (χ0n) is 13.5. The van der Waals surface area contributed by atoms with Crippen LogP contribution in [0.2, 0.25) is 0 Å². The van der Waals surface area contributed by atoms with E-state index in [1.54, 1.807) is 47.7 Å². The van der Waals surface area contributed by atoms with Crippen LogP contribution < -0.4 is 5.32 Å². The van der Waals surface area contributed by atoms with E-state index in [0.717, 1.165) is 5.56 Å². The van der Waals surface area contributed by atoms with Gasteiger partial charge in [0.1, 0.15) is 5.82 Å². The van der Waals surface area contributed by atoms with Gasteiger partial charge in [0.05, 0.1) is 17.5 Å². The number of amides is 1. The summed E-state index contributed by atoms with van der Waals surface area (Å²) in [5, 5.41) is 12.5. The molecule has 4 rings (SSSR count). The fourth-order valence-electron chi connectivity index (χ4n) is 2.35. The first-order chi connectivity index (χ1) is 12.6. The Hall–Kier alpha value is -3.33. The number of hydrogen-bond acceptors (Lipinski definition) is 6. The fourth-order valence-corrected chi connectivity index (χ4v) is 3.06. The summed E-state index contributed by atoms with van der Waals surface area (Å²) in [6.07, 6.45) is 3.37. The Balaban J connectivity index is 1.51. The number of rotatable bonds is 4. The predicted molar refractivity (Wildman–Crippen MR) is 94.2 cm³/mol. The van der Waals surface area contributed by atoms with Gasteiger partial charge >= 0.3 is 0 Å². The minimum absolute atomic E-state index is 0.117. The van der Waals surface area contributed by atoms with Crippen molar-refractivity contribution in [2.75, 3.05) is 5.32 Å². The van der Waals surface area contributed by atoms with Crippen LogP contribution in [0, 0.1) is 5.82 Å². The molecular weight excluding hydrogens is 357 g/mol. The van der Waals surface area contributed by atoms with Crippen molar-refractivity contribution in [3.63, 3.8) is 0 Å². The average molecular weight is 369 g/mol. The number of aryl methyl sites for hydroxylation is 1. The Morgan fingerprint density at radius 2 is 2.19 bits per heavy atom. The van der Waals surface area contributed by atoms with Crippen molar-refractivity contribution in [2.24, 2.45) is 7.05 Å². The molecule has 26 heavy (non-hydrogen) atoms. The lowest BCUT2D eigenvalue weighted by Gasteiger charge is -1.98. The second-order valence-electron chi connectivity index (χ2n) is 5.45. The van der Waals surface area contributed by atoms with Crippen LogP contribution in [0.3, 0.4) is 0 Å². The zero-order valence-corrected chi connectivity index (χ0v) is 14.3. The number of halogens is 1. The molecule has 3 aromatic heterocycles. The Morgan fingerprint density at radius 1 is 1.35 bits per heavy atom. The maximum absolute atomic E-state index is 13.8. The van der Waals surface area contributed by atoms with E-state index in [0.29, 0.717) is 22.1 Å². The molecular formula is C17H12FN5O2S. The number of hydrogen-bond donors (Lipinski definition) is 1. The van der Waals surface area contributed by atoms with Gasteiger partial charge in [0.15, 0.2) is 16.6 Å². The third-order valence-electron chi connectivity index (χ3n) is 3.61. The van der Waals surface area contributed by atoms with Crippen LogP contribution in [0.5, 0.6) is 0 Å². The first kappa shape index (κ1) is 16.2. The SMILES string of the molecule is Cn1cc(-c2cc(C(=O)Nc3nc(-c4ccccc4F)cs3)no2)cn1. The van der Waals surface area contributed by atoms with Gasteiger partial charge in [0.2, 0.25) is 0 Å². The lowest BCUT2D eigenvalue weighted by molar-refractivity contribution is 0.101. The molecule has 4 aromatic rings. The van der Waals surface area contributed by atoms with E-state index in [2.05, 4.69) is 20.6 Å². The van der Waals surface area contributed by atoms with Gasteiger partial charge in [-0.15, -0.1) is 11.3 Å². The van der Waals surface area contributed by atoms with Crippen LogP contribution in [0.4, 0.5) is 9.52 Å². The van der Waals surface area contributed by atoms with Gasteiger partial charge in [-0.25, -0.2) is 9.37 Å². The van der Waals surface area contributed by atoms with Crippen molar-refractivity contribution >= 4 is 22.4 Å². The standard InChI is InChI=1S/C17H12FN5O2S/c1-23-8-10(7-19-23)15-6-13(22-25-15)16(24)21-17-20-14(9-26-17)11-4-2-3-5-12(11)18/h2-9H,1H3,(H,20,21,24). The summed E-state index contributed by atoms with van der Waals surface area (Å²) in [7, 11) is 1.78. The van der Waals surface area contributed by atoms with Crippen LogP contribution in [-0.2, 0) is 7.05 Å². The molecule has 0 saturated carbocycles. The van der Waals surface area contributed by atoms with Crippen molar-refractivity contribution in [3.05, 3.63) is 59.6 Å². The highest BCUT2D eigenvalue weighted by atomic mass is 32.1. The second-order valence-corrected chi connectivity index (χ2v) is 6.31. The van der Waals surface area contributed by atoms with Crippen molar-refractivity contribution in [2.45, 2.75) is 0 Å². The third-order valence-corrected chi connectivity index (χ3v) is 4.36. The van der Waals surface area contributed by atoms with E-state index in [9.17, 15) is 9.18 Å². The number of thiazole rings is 1. The monoisotopic (exact) mass is 369 g/mol. The van der Waals surface area contributed by atoms with Crippen LogP contribution in [0.1, 0.15) is 10.5 Å². The number of carbonyl (C=O) groups excluding carboxylic acids is 1. The average Bonchev–Trinajstić information content (AvgIpc) is 3.35. The number of nitrogens with zero attached hydrogens (tertiary/aromatic N) is 4. The summed E-state index contributed by atoms with van der Waals surface area (Å²) < 4.78 is 20.6. The number of aromatic nitrogens is 4. The van der Waals surface area contributed by atoms with E-state index in [4.69, 9.17) is 4.52 Å². The molecule has 3 heterocycles. The number of benzene rings is 1. The van der Waals surface area contributed by atoms with Gasteiger partial charge in [-0.05, 0) is 12.1 Å². The summed E-state index contributed by atoms with van der Waals surface area (Å²) >= 11 is 1.20. The van der Waals surface area contributed by atoms with Crippen molar-refractivity contribution in [1.82, 2.24) is 19.9 Å². The fraction of sp³-hybridized carbons (Fsp3) is 0.0588. The van der Waals surface area contributed by atoms with E-state index in [-0.39, 0.29) is 11.5 Å². The Kier molecular flexibility index (Phi) is 4.05. The molecule has 0 saturated heterocycles. The van der Waals surface area contributed by atoms with Gasteiger partial charge in [0.25, 0.3) is 5.91 Å². The minimum atomic E-state index is -0.460. The molecule has 0 unspecified atom stereocenters. The largest absolute Gasteiger partial charge is 0.355 e. The lowest BCUT2D eigenvalue weighted by Crippen LogP contribution is -2.11. The summed E-state index contributed by atoms with van der Waals surface area (Å²) in [6.45, 7) is 0. The molecule has 1 amide bonds. The molecule has 7 nitrogen and oxygen atoms in total. The van der Waals surface area contributed by atoms with Gasteiger partial charge in [-0.1, -0.05) is 17.3 Å². The smallest absolute Gasteiger partial charge is 0.279 e. The third kappa shape index (κ3) is 3.11. The normalized spacial score (nSPS) is 10.8. The minimum Gasteiger partial charge on any atom is -0.355 e. The van der Waals surface area contributed by atoms with Crippen LogP contribution in [-0.4, -0.2) is 25.8 Å². The van der Waals surface area contributed by atoms with Gasteiger partial charge < -0.3 is 4.52 Å². The quantitative estimate of drug-likeness (QED) is 0.594. The summed E-state index contributed by atoms with van der Waals surface area (Å²) in [6, 6.07) is 7.86. The number of anilines is 1. The highest BCUT2D eigenvalue weighted by Crippen LogP contribution is 2.27. The summed E-state index contributed by atoms with van der Waals surface area (Å²) in [4.78, 5) is 16.6. The van der Waals surface area contributed by atoms with E-state index < -0.39 is 5.91 Å². The maximum atomic E-state index is 13.8. The van der Waals surface area contributed by atoms with Gasteiger partial charge in [0, 0.05) is 30.3 Å². The Bertz CT molecular complexity index is 1080. The molecule has 0 radical (unpaired) electrons. The highest BCUT2D eigenvalue weighted by Gasteiger charge is 2.17. The first-order valence-corrected chi connectivity index (χ1v) is 8.45. The summed E-state index contributed by atoms with van der Waals surface area (Å²) in [5.74, 6) is -0.388. The number of nitrogens with one attached hydrogen (secondary N) is 1. The first-order valence-electron chi connectivity index (χ1n) is 7.57. The molecule has 1 N–H and O–H groups in total. The van der Waals surface area contributed by atoms with Gasteiger partial charge in [-0.2, -0.15) is 5.10 Å². The van der Waals surface area contributed by atoms with Crippen molar-refractivity contribution in [1.29, 1.82) is 0 Å².